The predicted octanol–water partition coefficient (Wildman–Crippen LogP) is -10.9. The van der Waals surface area contributed by atoms with Crippen LogP contribution in [0.5, 0.6) is 5.75 Å². The molecule has 4 saturated heterocycles. The van der Waals surface area contributed by atoms with Crippen molar-refractivity contribution < 1.29 is 158 Å². The molecule has 1 aromatic carbocycles. The molecule has 0 saturated carbocycles. The highest BCUT2D eigenvalue weighted by Crippen LogP contribution is 2.27. The second-order valence-electron chi connectivity index (χ2n) is 22.7. The Morgan fingerprint density at radius 2 is 0.878 bits per heavy atom. The van der Waals surface area contributed by atoms with Crippen LogP contribution in [0.4, 0.5) is 0 Å². The Bertz CT molecular complexity index is 2720. The first-order valence-corrected chi connectivity index (χ1v) is 31.1. The van der Waals surface area contributed by atoms with E-state index in [0.717, 1.165) is 18.2 Å². The van der Waals surface area contributed by atoms with Gasteiger partial charge in [-0.2, -0.15) is 0 Å². The maximum atomic E-state index is 14.5. The summed E-state index contributed by atoms with van der Waals surface area (Å²) in [4.78, 5) is 98.8. The van der Waals surface area contributed by atoms with Gasteiger partial charge in [0, 0.05) is 55.5 Å². The average molecular weight is 1420 g/mol. The molecule has 4 aliphatic heterocycles. The van der Waals surface area contributed by atoms with E-state index in [0.29, 0.717) is 19.3 Å². The van der Waals surface area contributed by atoms with Crippen molar-refractivity contribution in [3.63, 3.8) is 0 Å². The van der Waals surface area contributed by atoms with Crippen molar-refractivity contribution in [2.45, 2.75) is 186 Å². The van der Waals surface area contributed by atoms with E-state index < -0.39 is 254 Å². The lowest BCUT2D eigenvalue weighted by molar-refractivity contribution is -0.305. The van der Waals surface area contributed by atoms with Crippen LogP contribution in [0.1, 0.15) is 72.1 Å². The number of hydrogen-bond donors (Lipinski definition) is 22. The van der Waals surface area contributed by atoms with E-state index in [2.05, 4.69) is 47.2 Å². The van der Waals surface area contributed by atoms with Gasteiger partial charge in [-0.3, -0.25) is 33.6 Å². The van der Waals surface area contributed by atoms with Gasteiger partial charge in [0.15, 0.2) is 25.2 Å². The first-order chi connectivity index (χ1) is 46.8. The summed E-state index contributed by atoms with van der Waals surface area (Å²) in [6.45, 7) is -6.29. The molecule has 0 radical (unpaired) electrons. The molecule has 0 spiro atoms. The maximum Gasteiger partial charge on any atom is 0.252 e. The normalized spacial score (nSPS) is 30.7. The topological polar surface area (TPSA) is 648 Å². The quantitative estimate of drug-likeness (QED) is 0.00954. The van der Waals surface area contributed by atoms with Gasteiger partial charge >= 0.3 is 0 Å². The Morgan fingerprint density at radius 1 is 0.480 bits per heavy atom. The van der Waals surface area contributed by atoms with Crippen LogP contribution in [0, 0.1) is 0 Å². The summed E-state index contributed by atoms with van der Waals surface area (Å²) in [5.74, 6) is -6.70. The molecule has 0 aromatic heterocycles. The second kappa shape index (κ2) is 42.0. The number of carbonyl (C=O) groups excluding carboxylic acids is 7. The number of nitrogens with zero attached hydrogens (tertiary/aromatic N) is 3. The van der Waals surface area contributed by atoms with E-state index in [-0.39, 0.29) is 50.9 Å². The number of azide groups is 1. The highest BCUT2D eigenvalue weighted by molar-refractivity contribution is 6.03. The molecule has 42 heteroatoms. The van der Waals surface area contributed by atoms with Gasteiger partial charge in [-0.15, -0.1) is 0 Å². The minimum atomic E-state index is -1.91. The van der Waals surface area contributed by atoms with Crippen molar-refractivity contribution in [3.05, 3.63) is 39.8 Å². The Kier molecular flexibility index (Phi) is 35.3. The molecule has 22 N–H and O–H groups in total. The largest absolute Gasteiger partial charge is 0.492 e. The molecule has 0 aliphatic carbocycles. The highest BCUT2D eigenvalue weighted by Gasteiger charge is 2.48. The molecule has 5 rings (SSSR count). The minimum Gasteiger partial charge on any atom is -0.492 e. The molecule has 7 amide bonds. The average Bonchev–Trinajstić information content (AvgIpc) is 0.862. The van der Waals surface area contributed by atoms with Gasteiger partial charge in [0.25, 0.3) is 11.8 Å². The zero-order chi connectivity index (χ0) is 72.2. The van der Waals surface area contributed by atoms with Gasteiger partial charge < -0.3 is 161 Å². The smallest absolute Gasteiger partial charge is 0.252 e. The SMILES string of the molecule is CO[C@@H]1C(CO)O[C@@H](OCNC(=O)C(CCC(=O)NCCO[C@@H]2OC(CO)[C@@H](O)C(O)C2O)NC(=O)c2cc(OCCNC(=O)CCCCCN=[N+]=[N-])cc(C(=O)NC(CCC(=O)NCO[C@@H]3OC(CO)[C@@H](O)C(O)C3O)C(=O)NCO[C@@H]3OC(CO)[C@@H](O)C(O)C3O)c2)C(O)C1O. The van der Waals surface area contributed by atoms with Gasteiger partial charge in [0.1, 0.15) is 142 Å². The number of ether oxygens (including phenoxy) is 10. The van der Waals surface area contributed by atoms with Gasteiger partial charge in [-0.25, -0.2) is 0 Å². The van der Waals surface area contributed by atoms with Crippen LogP contribution in [0.3, 0.4) is 0 Å². The molecule has 556 valence electrons. The number of benzene rings is 1. The molecule has 14 unspecified atom stereocenters. The molecule has 1 aromatic rings. The zero-order valence-electron chi connectivity index (χ0n) is 53.1. The fourth-order valence-corrected chi connectivity index (χ4v) is 10.1. The molecule has 42 nitrogen and oxygen atoms in total. The van der Waals surface area contributed by atoms with Crippen LogP contribution in [0.15, 0.2) is 23.3 Å². The van der Waals surface area contributed by atoms with Crippen LogP contribution in [-0.4, -0.2) is 339 Å². The van der Waals surface area contributed by atoms with Crippen LogP contribution >= 0.6 is 0 Å². The number of methoxy groups -OCH3 is 1. The Labute approximate surface area is 558 Å². The first kappa shape index (κ1) is 82.3. The third-order valence-corrected chi connectivity index (χ3v) is 15.8. The van der Waals surface area contributed by atoms with Crippen LogP contribution in [0.25, 0.3) is 10.4 Å². The number of unbranched alkanes of at least 4 members (excludes halogenated alkanes) is 2. The highest BCUT2D eigenvalue weighted by atomic mass is 16.7. The lowest BCUT2D eigenvalue weighted by atomic mass is 9.99. The predicted molar refractivity (Wildman–Crippen MR) is 320 cm³/mol. The summed E-state index contributed by atoms with van der Waals surface area (Å²) in [6.07, 6.45) is -33.3. The van der Waals surface area contributed by atoms with Gasteiger partial charge in [-0.1, -0.05) is 11.5 Å². The molecule has 22 atom stereocenters. The molecular formula is C56H90N10O32. The van der Waals surface area contributed by atoms with Crippen LogP contribution in [-0.2, 0) is 66.6 Å². The van der Waals surface area contributed by atoms with Crippen molar-refractivity contribution in [2.75, 3.05) is 86.6 Å². The summed E-state index contributed by atoms with van der Waals surface area (Å²) < 4.78 is 54.0. The number of aliphatic hydroxyl groups is 15. The van der Waals surface area contributed by atoms with E-state index in [1.807, 2.05) is 0 Å². The van der Waals surface area contributed by atoms with Crippen molar-refractivity contribution in [3.8, 4) is 5.75 Å². The summed E-state index contributed by atoms with van der Waals surface area (Å²) in [6, 6.07) is -0.266. The fourth-order valence-electron chi connectivity index (χ4n) is 10.1. The molecule has 4 aliphatic rings. The van der Waals surface area contributed by atoms with Gasteiger partial charge in [-0.05, 0) is 49.4 Å². The standard InChI is InChI=1S/C56H90N10O32/c1-89-48-33(21-70)98-56(47(84)43(48)80)94-24-62-51(87)28(6-8-35(72)59-12-14-91-53-44(81)40(77)37(74)30(18-67)95-53)64-49(85)25-15-26(17-27(16-25)90-13-11-58-34(71)5-3-2-4-10-63-66-57)50(86)65-29(52(88)61-23-93-55-46(83)42(79)39(76)32(20-69)97-55)7-9-36(73)60-22-92-54-45(82)41(78)38(75)31(19-68)96-54/h15-17,28-33,37-48,53-56,67-70,74-84H,2-14,18-24H2,1H3,(H,58,71)(H,59,72)(H,60,73)(H,61,88)(H,62,87)(H,64,85)(H,65,86)/t28?,29?,30?,31?,32?,33?,37-,38-,39-,40?,41?,42?,43?,44?,45?,46?,47?,48-,53-,54-,55-,56-/m1/s1. The zero-order valence-corrected chi connectivity index (χ0v) is 53.1. The molecule has 4 heterocycles. The third-order valence-electron chi connectivity index (χ3n) is 15.8. The monoisotopic (exact) mass is 1410 g/mol. The fraction of sp³-hybridized carbons (Fsp3) is 0.768. The van der Waals surface area contributed by atoms with Crippen molar-refractivity contribution in [2.24, 2.45) is 5.11 Å². The third kappa shape index (κ3) is 24.5. The molecule has 0 bridgehead atoms. The van der Waals surface area contributed by atoms with E-state index in [1.54, 1.807) is 0 Å². The lowest BCUT2D eigenvalue weighted by Crippen LogP contribution is -2.60. The van der Waals surface area contributed by atoms with Gasteiger partial charge in [0.2, 0.25) is 29.5 Å². The molecule has 4 fully saturated rings. The Morgan fingerprint density at radius 3 is 1.32 bits per heavy atom. The number of carbonyl (C=O) groups is 7. The number of hydrogen-bond acceptors (Lipinski definition) is 33. The Hall–Kier alpha value is -6.34. The van der Waals surface area contributed by atoms with Crippen LogP contribution in [0.2, 0.25) is 0 Å². The summed E-state index contributed by atoms with van der Waals surface area (Å²) >= 11 is 0. The first-order valence-electron chi connectivity index (χ1n) is 31.1. The summed E-state index contributed by atoms with van der Waals surface area (Å²) in [5, 5.41) is 172. The molecule has 98 heavy (non-hydrogen) atoms. The maximum absolute atomic E-state index is 14.5. The Balaban J connectivity index is 1.38. The second-order valence-corrected chi connectivity index (χ2v) is 22.7. The number of aliphatic hydroxyl groups excluding tert-OH is 15. The van der Waals surface area contributed by atoms with E-state index in [9.17, 15) is 110 Å². The number of nitrogens with one attached hydrogen (secondary N) is 7. The van der Waals surface area contributed by atoms with Gasteiger partial charge in [0.05, 0.1) is 39.6 Å². The lowest BCUT2D eigenvalue weighted by Gasteiger charge is -2.41. The minimum absolute atomic E-state index is 0.0867. The van der Waals surface area contributed by atoms with E-state index in [1.165, 1.54) is 7.11 Å². The van der Waals surface area contributed by atoms with E-state index in [4.69, 9.17) is 52.9 Å². The summed E-state index contributed by atoms with van der Waals surface area (Å²) in [5.41, 5.74) is 7.62. The van der Waals surface area contributed by atoms with Crippen LogP contribution < -0.4 is 42.0 Å². The number of amides is 7. The number of rotatable bonds is 40. The van der Waals surface area contributed by atoms with Crippen molar-refractivity contribution in [1.82, 2.24) is 37.2 Å². The van der Waals surface area contributed by atoms with E-state index >= 15 is 0 Å². The summed E-state index contributed by atoms with van der Waals surface area (Å²) in [7, 11) is 1.19. The molecular weight excluding hydrogens is 1320 g/mol. The van der Waals surface area contributed by atoms with Crippen molar-refractivity contribution >= 4 is 41.4 Å². The van der Waals surface area contributed by atoms with Crippen molar-refractivity contribution in [1.29, 1.82) is 0 Å².